The molecule has 0 aliphatic heterocycles. The first-order valence-electron chi connectivity index (χ1n) is 6.60. The van der Waals surface area contributed by atoms with Crippen molar-refractivity contribution < 1.29 is 8.42 Å². The Kier molecular flexibility index (Phi) is 3.98. The predicted molar refractivity (Wildman–Crippen MR) is 79.6 cm³/mol. The van der Waals surface area contributed by atoms with Crippen LogP contribution in [-0.2, 0) is 23.1 Å². The maximum absolute atomic E-state index is 12.1. The van der Waals surface area contributed by atoms with E-state index < -0.39 is 10.0 Å². The van der Waals surface area contributed by atoms with E-state index in [2.05, 4.69) is 20.0 Å². The zero-order valence-corrected chi connectivity index (χ0v) is 12.8. The number of nitrogens with one attached hydrogen (secondary N) is 4. The number of thiazole rings is 1. The fraction of sp³-hybridized carbons (Fsp3) is 0.417. The Morgan fingerprint density at radius 2 is 2.10 bits per heavy atom. The van der Waals surface area contributed by atoms with Gasteiger partial charge in [0, 0.05) is 35.6 Å². The Balaban J connectivity index is 1.61. The van der Waals surface area contributed by atoms with Crippen LogP contribution in [0.1, 0.15) is 24.2 Å². The topological polar surface area (TPSA) is 107 Å². The van der Waals surface area contributed by atoms with E-state index in [1.54, 1.807) is 11.4 Å². The molecule has 2 aromatic rings. The maximum Gasteiger partial charge on any atom is 0.304 e. The van der Waals surface area contributed by atoms with Crippen molar-refractivity contribution in [1.82, 2.24) is 20.0 Å². The normalized spacial score (nSPS) is 15.4. The summed E-state index contributed by atoms with van der Waals surface area (Å²) < 4.78 is 26.7. The van der Waals surface area contributed by atoms with Gasteiger partial charge >= 0.3 is 4.87 Å². The summed E-state index contributed by atoms with van der Waals surface area (Å²) in [6, 6.07) is 2.19. The molecule has 4 N–H and O–H groups in total. The highest BCUT2D eigenvalue weighted by Crippen LogP contribution is 2.19. The quantitative estimate of drug-likeness (QED) is 0.593. The molecule has 2 aromatic heterocycles. The largest absolute Gasteiger partial charge is 0.363 e. The average molecular weight is 328 g/mol. The number of aromatic nitrogens is 2. The van der Waals surface area contributed by atoms with Gasteiger partial charge in [-0.2, -0.15) is 0 Å². The number of rotatable bonds is 7. The molecule has 1 fully saturated rings. The monoisotopic (exact) mass is 328 g/mol. The highest BCUT2D eigenvalue weighted by molar-refractivity contribution is 7.89. The van der Waals surface area contributed by atoms with Gasteiger partial charge in [0.15, 0.2) is 0 Å². The molecule has 0 atom stereocenters. The number of sulfonamides is 1. The lowest BCUT2D eigenvalue weighted by Crippen LogP contribution is -2.23. The molecule has 21 heavy (non-hydrogen) atoms. The van der Waals surface area contributed by atoms with Gasteiger partial charge in [-0.25, -0.2) is 13.1 Å². The lowest BCUT2D eigenvalue weighted by molar-refractivity contribution is 0.580. The van der Waals surface area contributed by atoms with Crippen LogP contribution in [0.25, 0.3) is 0 Å². The zero-order chi connectivity index (χ0) is 14.9. The third-order valence-electron chi connectivity index (χ3n) is 3.21. The van der Waals surface area contributed by atoms with E-state index in [4.69, 9.17) is 0 Å². The molecule has 1 aliphatic carbocycles. The van der Waals surface area contributed by atoms with Crippen molar-refractivity contribution in [2.45, 2.75) is 36.9 Å². The third-order valence-corrected chi connectivity index (χ3v) is 5.31. The van der Waals surface area contributed by atoms with Gasteiger partial charge in [0.1, 0.15) is 0 Å². The first-order chi connectivity index (χ1) is 10.0. The number of hydrogen-bond acceptors (Lipinski definition) is 5. The van der Waals surface area contributed by atoms with Crippen LogP contribution in [0, 0.1) is 0 Å². The summed E-state index contributed by atoms with van der Waals surface area (Å²) in [5.74, 6) is 0. The zero-order valence-electron chi connectivity index (χ0n) is 11.2. The number of H-pyrrole nitrogens is 2. The standard InChI is InChI=1S/C12H16N4O3S2/c17-12-16-10(7-20-12)5-15-21(18,19)11-3-9(14-6-11)4-13-8-1-2-8/h3,6-8,13-15H,1-2,4-5H2,(H,16,17). The van der Waals surface area contributed by atoms with Gasteiger partial charge in [0.2, 0.25) is 10.0 Å². The molecular weight excluding hydrogens is 312 g/mol. The summed E-state index contributed by atoms with van der Waals surface area (Å²) in [6.07, 6.45) is 3.85. The van der Waals surface area contributed by atoms with E-state index in [0.717, 1.165) is 17.0 Å². The van der Waals surface area contributed by atoms with Crippen molar-refractivity contribution in [2.24, 2.45) is 0 Å². The molecule has 3 rings (SSSR count). The average Bonchev–Trinajstić information content (AvgIpc) is 2.97. The summed E-state index contributed by atoms with van der Waals surface area (Å²) in [4.78, 5) is 16.5. The second-order valence-electron chi connectivity index (χ2n) is 5.01. The molecule has 1 aliphatic rings. The van der Waals surface area contributed by atoms with E-state index in [9.17, 15) is 13.2 Å². The summed E-state index contributed by atoms with van der Waals surface area (Å²) in [7, 11) is -3.58. The van der Waals surface area contributed by atoms with E-state index in [1.807, 2.05) is 0 Å². The molecule has 2 heterocycles. The van der Waals surface area contributed by atoms with Crippen LogP contribution in [0.5, 0.6) is 0 Å². The Hall–Kier alpha value is -1.42. The van der Waals surface area contributed by atoms with E-state index in [0.29, 0.717) is 18.3 Å². The summed E-state index contributed by atoms with van der Waals surface area (Å²) in [6.45, 7) is 0.708. The third kappa shape index (κ3) is 3.82. The minimum atomic E-state index is -3.58. The van der Waals surface area contributed by atoms with Gasteiger partial charge in [0.25, 0.3) is 0 Å². The molecule has 1 saturated carbocycles. The first-order valence-corrected chi connectivity index (χ1v) is 8.96. The summed E-state index contributed by atoms with van der Waals surface area (Å²) in [5, 5.41) is 4.92. The fourth-order valence-corrected chi connectivity index (χ4v) is 3.48. The van der Waals surface area contributed by atoms with Crippen LogP contribution in [0.2, 0.25) is 0 Å². The van der Waals surface area contributed by atoms with Crippen molar-refractivity contribution in [1.29, 1.82) is 0 Å². The molecule has 0 saturated heterocycles. The Labute approximate surface area is 125 Å². The van der Waals surface area contributed by atoms with E-state index >= 15 is 0 Å². The molecule has 0 unspecified atom stereocenters. The Bertz CT molecular complexity index is 770. The molecular formula is C12H16N4O3S2. The molecule has 7 nitrogen and oxygen atoms in total. The van der Waals surface area contributed by atoms with Gasteiger partial charge < -0.3 is 15.3 Å². The molecule has 9 heteroatoms. The van der Waals surface area contributed by atoms with Crippen LogP contribution < -0.4 is 14.9 Å². The molecule has 114 valence electrons. The fourth-order valence-electron chi connectivity index (χ4n) is 1.87. The van der Waals surface area contributed by atoms with Crippen LogP contribution >= 0.6 is 11.3 Å². The van der Waals surface area contributed by atoms with Crippen molar-refractivity contribution in [3.63, 3.8) is 0 Å². The van der Waals surface area contributed by atoms with Gasteiger partial charge in [-0.1, -0.05) is 11.3 Å². The smallest absolute Gasteiger partial charge is 0.304 e. The minimum Gasteiger partial charge on any atom is -0.363 e. The lowest BCUT2D eigenvalue weighted by atomic mass is 10.4. The maximum atomic E-state index is 12.1. The van der Waals surface area contributed by atoms with Crippen LogP contribution in [-0.4, -0.2) is 24.4 Å². The molecule has 0 spiro atoms. The van der Waals surface area contributed by atoms with E-state index in [-0.39, 0.29) is 16.3 Å². The van der Waals surface area contributed by atoms with Crippen LogP contribution in [0.4, 0.5) is 0 Å². The van der Waals surface area contributed by atoms with Gasteiger partial charge in [0.05, 0.1) is 11.4 Å². The number of hydrogen-bond donors (Lipinski definition) is 4. The predicted octanol–water partition coefficient (Wildman–Crippen LogP) is 0.495. The lowest BCUT2D eigenvalue weighted by Gasteiger charge is -2.03. The van der Waals surface area contributed by atoms with Crippen LogP contribution in [0.15, 0.2) is 27.3 Å². The van der Waals surface area contributed by atoms with Crippen molar-refractivity contribution in [3.8, 4) is 0 Å². The highest BCUT2D eigenvalue weighted by atomic mass is 32.2. The molecule has 0 bridgehead atoms. The molecule has 0 aromatic carbocycles. The SMILES string of the molecule is O=c1[nH]c(CNS(=O)(=O)c2c[nH]c(CNC3CC3)c2)cs1. The summed E-state index contributed by atoms with van der Waals surface area (Å²) in [5.41, 5.74) is 1.39. The molecule has 0 radical (unpaired) electrons. The van der Waals surface area contributed by atoms with Gasteiger partial charge in [-0.15, -0.1) is 0 Å². The van der Waals surface area contributed by atoms with Gasteiger partial charge in [-0.3, -0.25) is 4.79 Å². The first kappa shape index (κ1) is 14.5. The van der Waals surface area contributed by atoms with Crippen molar-refractivity contribution >= 4 is 21.4 Å². The Morgan fingerprint density at radius 1 is 1.29 bits per heavy atom. The number of aromatic amines is 2. The minimum absolute atomic E-state index is 0.0713. The van der Waals surface area contributed by atoms with Gasteiger partial charge in [-0.05, 0) is 18.9 Å². The van der Waals surface area contributed by atoms with Crippen molar-refractivity contribution in [3.05, 3.63) is 38.7 Å². The highest BCUT2D eigenvalue weighted by Gasteiger charge is 2.21. The van der Waals surface area contributed by atoms with Crippen LogP contribution in [0.3, 0.4) is 0 Å². The van der Waals surface area contributed by atoms with Crippen molar-refractivity contribution in [2.75, 3.05) is 0 Å². The Morgan fingerprint density at radius 3 is 2.76 bits per heavy atom. The molecule has 0 amide bonds. The second-order valence-corrected chi connectivity index (χ2v) is 7.62. The van der Waals surface area contributed by atoms with E-state index in [1.165, 1.54) is 19.0 Å². The summed E-state index contributed by atoms with van der Waals surface area (Å²) >= 11 is 1.01. The second kappa shape index (κ2) is 5.76.